The predicted molar refractivity (Wildman–Crippen MR) is 77.2 cm³/mol. The number of amides is 1. The maximum Gasteiger partial charge on any atom is 0.272 e. The number of pyridine rings is 1. The van der Waals surface area contributed by atoms with Crippen LogP contribution in [0.4, 0.5) is 11.4 Å². The van der Waals surface area contributed by atoms with Crippen LogP contribution in [0.1, 0.15) is 6.92 Å². The van der Waals surface area contributed by atoms with Gasteiger partial charge in [-0.05, 0) is 17.7 Å². The molecule has 0 aliphatic rings. The summed E-state index contributed by atoms with van der Waals surface area (Å²) in [6.07, 6.45) is 1.55. The minimum Gasteiger partial charge on any atom is -0.481 e. The molecule has 0 bridgehead atoms. The smallest absolute Gasteiger partial charge is 0.272 e. The molecule has 1 amide bonds. The van der Waals surface area contributed by atoms with Crippen LogP contribution in [-0.4, -0.2) is 22.9 Å². The van der Waals surface area contributed by atoms with Crippen LogP contribution in [0.25, 0.3) is 11.1 Å². The van der Waals surface area contributed by atoms with E-state index in [9.17, 15) is 14.9 Å². The van der Waals surface area contributed by atoms with Crippen LogP contribution >= 0.6 is 0 Å². The number of nitrogens with one attached hydrogen (secondary N) is 1. The first-order valence-electron chi connectivity index (χ1n) is 6.07. The second kappa shape index (κ2) is 6.00. The van der Waals surface area contributed by atoms with E-state index >= 15 is 0 Å². The SMILES string of the molecule is COc1ccc(-c2cc(NC(C)=O)cc([N+](=O)[O-])c2)cn1. The second-order valence-electron chi connectivity index (χ2n) is 4.30. The zero-order chi connectivity index (χ0) is 15.4. The third kappa shape index (κ3) is 3.53. The number of non-ortho nitro benzene ring substituents is 1. The van der Waals surface area contributed by atoms with Crippen molar-refractivity contribution in [1.82, 2.24) is 4.98 Å². The van der Waals surface area contributed by atoms with Crippen molar-refractivity contribution in [3.05, 3.63) is 46.6 Å². The van der Waals surface area contributed by atoms with Crippen LogP contribution in [0.5, 0.6) is 5.88 Å². The van der Waals surface area contributed by atoms with E-state index in [-0.39, 0.29) is 11.6 Å². The van der Waals surface area contributed by atoms with Gasteiger partial charge in [0.25, 0.3) is 5.69 Å². The van der Waals surface area contributed by atoms with Gasteiger partial charge in [-0.2, -0.15) is 0 Å². The maximum absolute atomic E-state index is 11.1. The summed E-state index contributed by atoms with van der Waals surface area (Å²) in [4.78, 5) is 25.6. The predicted octanol–water partition coefficient (Wildman–Crippen LogP) is 2.62. The highest BCUT2D eigenvalue weighted by Crippen LogP contribution is 2.28. The number of nitro groups is 1. The molecule has 2 aromatic rings. The molecular weight excluding hydrogens is 274 g/mol. The normalized spacial score (nSPS) is 10.0. The fraction of sp³-hybridized carbons (Fsp3) is 0.143. The van der Waals surface area contributed by atoms with Gasteiger partial charge >= 0.3 is 0 Å². The first kappa shape index (κ1) is 14.4. The molecule has 0 saturated heterocycles. The Bertz CT molecular complexity index is 683. The summed E-state index contributed by atoms with van der Waals surface area (Å²) in [5.41, 5.74) is 1.53. The molecule has 0 unspecified atom stereocenters. The van der Waals surface area contributed by atoms with E-state index in [4.69, 9.17) is 4.74 Å². The molecule has 7 nitrogen and oxygen atoms in total. The van der Waals surface area contributed by atoms with Gasteiger partial charge < -0.3 is 10.1 Å². The Kier molecular flexibility index (Phi) is 4.13. The highest BCUT2D eigenvalue weighted by Gasteiger charge is 2.12. The van der Waals surface area contributed by atoms with Gasteiger partial charge in [0.15, 0.2) is 0 Å². The summed E-state index contributed by atoms with van der Waals surface area (Å²) in [5, 5.41) is 13.5. The third-order valence-corrected chi connectivity index (χ3v) is 2.73. The van der Waals surface area contributed by atoms with E-state index < -0.39 is 4.92 Å². The van der Waals surface area contributed by atoms with E-state index in [0.29, 0.717) is 22.7 Å². The minimum atomic E-state index is -0.508. The van der Waals surface area contributed by atoms with Crippen molar-refractivity contribution >= 4 is 17.3 Å². The van der Waals surface area contributed by atoms with Crippen LogP contribution in [0, 0.1) is 10.1 Å². The van der Waals surface area contributed by atoms with Crippen molar-refractivity contribution in [2.45, 2.75) is 6.92 Å². The minimum absolute atomic E-state index is 0.105. The van der Waals surface area contributed by atoms with Crippen molar-refractivity contribution in [2.24, 2.45) is 0 Å². The molecule has 0 spiro atoms. The number of benzene rings is 1. The number of aromatic nitrogens is 1. The van der Waals surface area contributed by atoms with Gasteiger partial charge in [0.1, 0.15) is 0 Å². The Morgan fingerprint density at radius 3 is 2.57 bits per heavy atom. The van der Waals surface area contributed by atoms with Gasteiger partial charge in [0.05, 0.1) is 12.0 Å². The summed E-state index contributed by atoms with van der Waals surface area (Å²) >= 11 is 0. The molecule has 1 aromatic heterocycles. The van der Waals surface area contributed by atoms with Gasteiger partial charge in [-0.3, -0.25) is 14.9 Å². The average Bonchev–Trinajstić information content (AvgIpc) is 2.46. The first-order valence-corrected chi connectivity index (χ1v) is 6.07. The summed E-state index contributed by atoms with van der Waals surface area (Å²) in [5.74, 6) is 0.153. The van der Waals surface area contributed by atoms with Gasteiger partial charge in [-0.25, -0.2) is 4.98 Å². The monoisotopic (exact) mass is 287 g/mol. The summed E-state index contributed by atoms with van der Waals surface area (Å²) in [7, 11) is 1.50. The fourth-order valence-corrected chi connectivity index (χ4v) is 1.83. The third-order valence-electron chi connectivity index (χ3n) is 2.73. The van der Waals surface area contributed by atoms with Crippen LogP contribution in [-0.2, 0) is 4.79 Å². The zero-order valence-corrected chi connectivity index (χ0v) is 11.5. The standard InChI is InChI=1S/C14H13N3O4/c1-9(18)16-12-5-11(6-13(7-12)17(19)20)10-3-4-14(21-2)15-8-10/h3-8H,1-2H3,(H,16,18). The molecule has 0 aliphatic carbocycles. The number of ether oxygens (including phenoxy) is 1. The number of anilines is 1. The lowest BCUT2D eigenvalue weighted by Gasteiger charge is -2.07. The van der Waals surface area contributed by atoms with Crippen LogP contribution < -0.4 is 10.1 Å². The number of carbonyl (C=O) groups excluding carboxylic acids is 1. The van der Waals surface area contributed by atoms with Gasteiger partial charge in [0.2, 0.25) is 11.8 Å². The van der Waals surface area contributed by atoms with Crippen molar-refractivity contribution in [2.75, 3.05) is 12.4 Å². The van der Waals surface area contributed by atoms with Crippen molar-refractivity contribution in [3.8, 4) is 17.0 Å². The Labute approximate surface area is 120 Å². The largest absolute Gasteiger partial charge is 0.481 e. The summed E-state index contributed by atoms with van der Waals surface area (Å²) in [6, 6.07) is 7.78. The molecule has 0 aliphatic heterocycles. The van der Waals surface area contributed by atoms with E-state index in [1.54, 1.807) is 24.4 Å². The molecular formula is C14H13N3O4. The van der Waals surface area contributed by atoms with E-state index in [2.05, 4.69) is 10.3 Å². The Morgan fingerprint density at radius 1 is 1.29 bits per heavy atom. The summed E-state index contributed by atoms with van der Waals surface area (Å²) in [6.45, 7) is 1.34. The lowest BCUT2D eigenvalue weighted by Crippen LogP contribution is -2.06. The van der Waals surface area contributed by atoms with Crippen molar-refractivity contribution in [1.29, 1.82) is 0 Å². The lowest BCUT2D eigenvalue weighted by atomic mass is 10.1. The Morgan fingerprint density at radius 2 is 2.05 bits per heavy atom. The molecule has 1 heterocycles. The van der Waals surface area contributed by atoms with Crippen molar-refractivity contribution < 1.29 is 14.5 Å². The highest BCUT2D eigenvalue weighted by molar-refractivity contribution is 5.90. The molecule has 1 N–H and O–H groups in total. The van der Waals surface area contributed by atoms with Gasteiger partial charge in [-0.15, -0.1) is 0 Å². The highest BCUT2D eigenvalue weighted by atomic mass is 16.6. The Hall–Kier alpha value is -2.96. The van der Waals surface area contributed by atoms with E-state index in [1.807, 2.05) is 0 Å². The molecule has 0 fully saturated rings. The van der Waals surface area contributed by atoms with Crippen LogP contribution in [0.3, 0.4) is 0 Å². The molecule has 108 valence electrons. The number of carbonyl (C=O) groups is 1. The number of methoxy groups -OCH3 is 1. The molecule has 2 rings (SSSR count). The van der Waals surface area contributed by atoms with E-state index in [0.717, 1.165) is 0 Å². The number of rotatable bonds is 4. The Balaban J connectivity index is 2.47. The maximum atomic E-state index is 11.1. The summed E-state index contributed by atoms with van der Waals surface area (Å²) < 4.78 is 4.97. The zero-order valence-electron chi connectivity index (χ0n) is 11.5. The molecule has 0 radical (unpaired) electrons. The molecule has 0 atom stereocenters. The number of hydrogen-bond donors (Lipinski definition) is 1. The topological polar surface area (TPSA) is 94.4 Å². The first-order chi connectivity index (χ1) is 9.99. The second-order valence-corrected chi connectivity index (χ2v) is 4.30. The van der Waals surface area contributed by atoms with E-state index in [1.165, 1.54) is 26.2 Å². The van der Waals surface area contributed by atoms with Gasteiger partial charge in [0, 0.05) is 42.6 Å². The number of hydrogen-bond acceptors (Lipinski definition) is 5. The lowest BCUT2D eigenvalue weighted by molar-refractivity contribution is -0.384. The molecule has 0 saturated carbocycles. The van der Waals surface area contributed by atoms with Gasteiger partial charge in [-0.1, -0.05) is 0 Å². The molecule has 1 aromatic carbocycles. The molecule has 7 heteroatoms. The molecule has 21 heavy (non-hydrogen) atoms. The number of nitrogens with zero attached hydrogens (tertiary/aromatic N) is 2. The van der Waals surface area contributed by atoms with Crippen LogP contribution in [0.15, 0.2) is 36.5 Å². The fourth-order valence-electron chi connectivity index (χ4n) is 1.83. The number of nitro benzene ring substituents is 1. The quantitative estimate of drug-likeness (QED) is 0.689. The van der Waals surface area contributed by atoms with Crippen molar-refractivity contribution in [3.63, 3.8) is 0 Å². The van der Waals surface area contributed by atoms with Crippen LogP contribution in [0.2, 0.25) is 0 Å². The average molecular weight is 287 g/mol.